The van der Waals surface area contributed by atoms with Crippen LogP contribution in [0.2, 0.25) is 0 Å². The molecule has 3 unspecified atom stereocenters. The molecule has 0 aromatic heterocycles. The van der Waals surface area contributed by atoms with Crippen LogP contribution >= 0.6 is 0 Å². The van der Waals surface area contributed by atoms with Gasteiger partial charge in [-0.1, -0.05) is 53.5 Å². The van der Waals surface area contributed by atoms with Crippen LogP contribution in [-0.4, -0.2) is 74.1 Å². The van der Waals surface area contributed by atoms with Crippen molar-refractivity contribution in [2.75, 3.05) is 39.6 Å². The second kappa shape index (κ2) is 18.8. The minimum atomic E-state index is -0.789. The van der Waals surface area contributed by atoms with E-state index in [1.165, 1.54) is 5.57 Å². The van der Waals surface area contributed by atoms with Crippen LogP contribution in [0.25, 0.3) is 0 Å². The fraction of sp³-hybridized carbons (Fsp3) is 0.889. The number of unbranched alkanes of at least 4 members (excludes halogenated alkanes) is 4. The predicted octanol–water partition coefficient (Wildman–Crippen LogP) is 8.21. The van der Waals surface area contributed by atoms with Crippen molar-refractivity contribution in [3.05, 3.63) is 11.6 Å². The van der Waals surface area contributed by atoms with Gasteiger partial charge in [-0.25, -0.2) is 0 Å². The third-order valence-corrected chi connectivity index (χ3v) is 9.77. The molecule has 0 N–H and O–H groups in total. The van der Waals surface area contributed by atoms with E-state index in [9.17, 15) is 9.59 Å². The van der Waals surface area contributed by atoms with Gasteiger partial charge >= 0.3 is 0 Å². The molecule has 7 nitrogen and oxygen atoms in total. The molecule has 43 heavy (non-hydrogen) atoms. The van der Waals surface area contributed by atoms with E-state index in [0.29, 0.717) is 52.3 Å². The zero-order valence-electron chi connectivity index (χ0n) is 29.5. The maximum Gasteiger partial charge on any atom is 0.164 e. The van der Waals surface area contributed by atoms with Crippen LogP contribution in [0.3, 0.4) is 0 Å². The molecule has 7 heteroatoms. The Morgan fingerprint density at radius 1 is 0.791 bits per heavy atom. The Morgan fingerprint density at radius 2 is 1.42 bits per heavy atom. The highest BCUT2D eigenvalue weighted by molar-refractivity contribution is 5.86. The Morgan fingerprint density at radius 3 is 1.98 bits per heavy atom. The zero-order chi connectivity index (χ0) is 32.6. The minimum Gasteiger partial charge on any atom is -0.377 e. The molecule has 0 spiro atoms. The third-order valence-electron chi connectivity index (χ3n) is 9.77. The van der Waals surface area contributed by atoms with Crippen LogP contribution in [0.5, 0.6) is 0 Å². The first-order valence-corrected chi connectivity index (χ1v) is 16.9. The average molecular weight is 611 g/mol. The third kappa shape index (κ3) is 13.8. The molecule has 0 saturated heterocycles. The monoisotopic (exact) mass is 610 g/mol. The molecule has 0 aromatic carbocycles. The molecule has 3 atom stereocenters. The van der Waals surface area contributed by atoms with Crippen molar-refractivity contribution >= 4 is 12.1 Å². The van der Waals surface area contributed by atoms with Crippen molar-refractivity contribution < 1.29 is 33.3 Å². The molecule has 0 amide bonds. The number of ketones is 1. The Labute approximate surface area is 264 Å². The lowest BCUT2D eigenvalue weighted by Gasteiger charge is -2.39. The number of hydrogen-bond donors (Lipinski definition) is 0. The summed E-state index contributed by atoms with van der Waals surface area (Å²) < 4.78 is 29.8. The first kappa shape index (κ1) is 39.9. The highest BCUT2D eigenvalue weighted by atomic mass is 16.6. The summed E-state index contributed by atoms with van der Waals surface area (Å²) in [6.07, 6.45) is 12.9. The molecular formula is C36H66O7. The first-order valence-electron chi connectivity index (χ1n) is 16.9. The molecule has 0 radical (unpaired) electrons. The molecule has 1 aliphatic rings. The first-order chi connectivity index (χ1) is 20.1. The van der Waals surface area contributed by atoms with Crippen LogP contribution in [0.1, 0.15) is 140 Å². The molecule has 252 valence electrons. The molecule has 1 rings (SSSR count). The summed E-state index contributed by atoms with van der Waals surface area (Å²) in [5.74, 6) is 0.129. The highest BCUT2D eigenvalue weighted by Crippen LogP contribution is 2.38. The second-order valence-electron chi connectivity index (χ2n) is 14.3. The Hall–Kier alpha value is -1.12. The van der Waals surface area contributed by atoms with Crippen LogP contribution in [-0.2, 0) is 33.3 Å². The molecular weight excluding hydrogens is 544 g/mol. The van der Waals surface area contributed by atoms with E-state index in [0.717, 1.165) is 64.3 Å². The lowest BCUT2D eigenvalue weighted by Crippen LogP contribution is -2.39. The van der Waals surface area contributed by atoms with Crippen molar-refractivity contribution in [1.82, 2.24) is 0 Å². The second-order valence-corrected chi connectivity index (χ2v) is 14.3. The van der Waals surface area contributed by atoms with Gasteiger partial charge in [-0.05, 0) is 97.0 Å². The van der Waals surface area contributed by atoms with Crippen LogP contribution in [0.4, 0.5) is 0 Å². The zero-order valence-corrected chi connectivity index (χ0v) is 29.5. The summed E-state index contributed by atoms with van der Waals surface area (Å²) in [5, 5.41) is 0. The van der Waals surface area contributed by atoms with Gasteiger partial charge in [-0.2, -0.15) is 0 Å². The van der Waals surface area contributed by atoms with Gasteiger partial charge in [0.15, 0.2) is 12.1 Å². The fourth-order valence-corrected chi connectivity index (χ4v) is 4.68. The summed E-state index contributed by atoms with van der Waals surface area (Å²) in [6.45, 7) is 24.0. The van der Waals surface area contributed by atoms with E-state index in [4.69, 9.17) is 23.7 Å². The summed E-state index contributed by atoms with van der Waals surface area (Å²) in [4.78, 5) is 24.0. The maximum atomic E-state index is 12.9. The van der Waals surface area contributed by atoms with E-state index in [1.807, 2.05) is 27.7 Å². The van der Waals surface area contributed by atoms with Gasteiger partial charge in [0.2, 0.25) is 0 Å². The highest BCUT2D eigenvalue weighted by Gasteiger charge is 2.36. The number of hydrogen-bond acceptors (Lipinski definition) is 7. The summed E-state index contributed by atoms with van der Waals surface area (Å²) >= 11 is 0. The summed E-state index contributed by atoms with van der Waals surface area (Å²) in [6, 6.07) is 0. The minimum absolute atomic E-state index is 0.120. The van der Waals surface area contributed by atoms with Crippen molar-refractivity contribution in [3.8, 4) is 0 Å². The quantitative estimate of drug-likeness (QED) is 0.0555. The van der Waals surface area contributed by atoms with Gasteiger partial charge in [0.25, 0.3) is 0 Å². The molecule has 0 bridgehead atoms. The van der Waals surface area contributed by atoms with E-state index in [2.05, 4.69) is 47.6 Å². The largest absolute Gasteiger partial charge is 0.377 e. The molecule has 0 aliphatic heterocycles. The number of Topliss-reactive ketones (excluding diaryl/α,β-unsaturated/α-hetero) is 1. The normalized spacial score (nSPS) is 20.2. The molecule has 0 fully saturated rings. The van der Waals surface area contributed by atoms with Gasteiger partial charge < -0.3 is 28.5 Å². The Bertz CT molecular complexity index is 845. The molecule has 0 saturated carbocycles. The maximum absolute atomic E-state index is 12.9. The van der Waals surface area contributed by atoms with Crippen molar-refractivity contribution in [2.24, 2.45) is 5.41 Å². The van der Waals surface area contributed by atoms with E-state index >= 15 is 0 Å². The lowest BCUT2D eigenvalue weighted by atomic mass is 9.78. The van der Waals surface area contributed by atoms with Gasteiger partial charge in [0, 0.05) is 19.6 Å². The number of rotatable bonds is 26. The number of aldehydes is 1. The summed E-state index contributed by atoms with van der Waals surface area (Å²) in [7, 11) is 0. The Balaban J connectivity index is 2.16. The topological polar surface area (TPSA) is 80.3 Å². The van der Waals surface area contributed by atoms with Crippen molar-refractivity contribution in [2.45, 2.75) is 162 Å². The average Bonchev–Trinajstić information content (AvgIpc) is 2.96. The smallest absolute Gasteiger partial charge is 0.164 e. The standard InChI is InChI=1S/C36H66O7/c1-11-34(8,29-37)41-24-18-14-16-20-31(38)35(9,12-2)42-27-25-39-26-28-43-36(10)22-21-30(36)19-15-13-17-23-40-33(6,7)32(3,4)5/h21,29H,11-20,22-28H2,1-10H3. The Kier molecular flexibility index (Phi) is 17.4. The van der Waals surface area contributed by atoms with Gasteiger partial charge in [0.05, 0.1) is 37.6 Å². The predicted molar refractivity (Wildman–Crippen MR) is 175 cm³/mol. The lowest BCUT2D eigenvalue weighted by molar-refractivity contribution is -0.145. The molecule has 0 aromatic rings. The fourth-order valence-electron chi connectivity index (χ4n) is 4.68. The van der Waals surface area contributed by atoms with E-state index < -0.39 is 11.2 Å². The molecule has 1 aliphatic carbocycles. The van der Waals surface area contributed by atoms with Gasteiger partial charge in [-0.3, -0.25) is 4.79 Å². The van der Waals surface area contributed by atoms with E-state index in [-0.39, 0.29) is 22.4 Å². The van der Waals surface area contributed by atoms with E-state index in [1.54, 1.807) is 0 Å². The van der Waals surface area contributed by atoms with Gasteiger partial charge in [-0.15, -0.1) is 0 Å². The van der Waals surface area contributed by atoms with Crippen LogP contribution in [0.15, 0.2) is 11.6 Å². The van der Waals surface area contributed by atoms with Crippen LogP contribution in [0, 0.1) is 5.41 Å². The summed E-state index contributed by atoms with van der Waals surface area (Å²) in [5.41, 5.74) is -0.254. The number of carbonyl (C=O) groups is 2. The van der Waals surface area contributed by atoms with Crippen molar-refractivity contribution in [3.63, 3.8) is 0 Å². The number of ether oxygens (including phenoxy) is 5. The number of carbonyl (C=O) groups excluding carboxylic acids is 2. The molecule has 0 heterocycles. The SMILES string of the molecule is CCC(C)(C=O)OCCCCCC(=O)C(C)(CC)OCCOCCOC1(C)CC=C1CCCCCOC(C)(C)C(C)(C)C. The van der Waals surface area contributed by atoms with Gasteiger partial charge in [0.1, 0.15) is 11.2 Å². The van der Waals surface area contributed by atoms with Crippen LogP contribution < -0.4 is 0 Å². The van der Waals surface area contributed by atoms with Crippen molar-refractivity contribution in [1.29, 1.82) is 0 Å².